The third-order valence-corrected chi connectivity index (χ3v) is 2.17. The van der Waals surface area contributed by atoms with Crippen LogP contribution in [0.15, 0.2) is 0 Å². The summed E-state index contributed by atoms with van der Waals surface area (Å²) < 4.78 is 1.80. The monoisotopic (exact) mass is 180 g/mol. The molecular weight excluding hydrogens is 164 g/mol. The molecule has 0 bridgehead atoms. The lowest BCUT2D eigenvalue weighted by Crippen LogP contribution is -2.05. The van der Waals surface area contributed by atoms with Crippen LogP contribution in [-0.2, 0) is 7.05 Å². The topological polar surface area (TPSA) is 34.9 Å². The summed E-state index contributed by atoms with van der Waals surface area (Å²) in [6, 6.07) is 0. The minimum absolute atomic E-state index is 0.106. The van der Waals surface area contributed by atoms with Crippen molar-refractivity contribution in [3.63, 3.8) is 0 Å². The maximum Gasteiger partial charge on any atom is 0.163 e. The number of nitrogens with zero attached hydrogens (tertiary/aromatic N) is 2. The van der Waals surface area contributed by atoms with Crippen LogP contribution < -0.4 is 0 Å². The van der Waals surface area contributed by atoms with Gasteiger partial charge in [0.25, 0.3) is 0 Å². The third kappa shape index (κ3) is 1.64. The van der Waals surface area contributed by atoms with Crippen LogP contribution in [0, 0.1) is 6.92 Å². The summed E-state index contributed by atoms with van der Waals surface area (Å²) in [5.74, 6) is 0.444. The van der Waals surface area contributed by atoms with Crippen LogP contribution >= 0.6 is 0 Å². The molecule has 0 aromatic carbocycles. The first-order valence-corrected chi connectivity index (χ1v) is 4.49. The van der Waals surface area contributed by atoms with Gasteiger partial charge < -0.3 is 0 Å². The second-order valence-electron chi connectivity index (χ2n) is 3.68. The molecule has 0 radical (unpaired) electrons. The molecule has 0 N–H and O–H groups in total. The molecule has 0 aliphatic carbocycles. The molecule has 0 unspecified atom stereocenters. The summed E-state index contributed by atoms with van der Waals surface area (Å²) in [5.41, 5.74) is 2.65. The Balaban J connectivity index is 3.38. The van der Waals surface area contributed by atoms with Crippen molar-refractivity contribution in [3.05, 3.63) is 17.0 Å². The van der Waals surface area contributed by atoms with E-state index in [1.807, 2.05) is 14.0 Å². The number of carbonyl (C=O) groups is 1. The minimum Gasteiger partial charge on any atom is -0.294 e. The van der Waals surface area contributed by atoms with E-state index in [1.165, 1.54) is 0 Å². The van der Waals surface area contributed by atoms with Crippen molar-refractivity contribution in [3.8, 4) is 0 Å². The molecule has 1 aromatic heterocycles. The van der Waals surface area contributed by atoms with Gasteiger partial charge in [-0.1, -0.05) is 13.8 Å². The Hall–Kier alpha value is -1.12. The van der Waals surface area contributed by atoms with Gasteiger partial charge in [-0.05, 0) is 19.8 Å². The predicted octanol–water partition coefficient (Wildman–Crippen LogP) is 2.05. The summed E-state index contributed by atoms with van der Waals surface area (Å²) in [7, 11) is 1.88. The first-order chi connectivity index (χ1) is 5.95. The summed E-state index contributed by atoms with van der Waals surface area (Å²) in [5, 5.41) is 4.25. The van der Waals surface area contributed by atoms with E-state index in [0.29, 0.717) is 5.92 Å². The van der Waals surface area contributed by atoms with Crippen molar-refractivity contribution in [2.45, 2.75) is 33.6 Å². The number of hydrogen-bond acceptors (Lipinski definition) is 2. The van der Waals surface area contributed by atoms with Gasteiger partial charge in [-0.3, -0.25) is 9.48 Å². The Kier molecular flexibility index (Phi) is 2.55. The highest BCUT2D eigenvalue weighted by Crippen LogP contribution is 2.21. The van der Waals surface area contributed by atoms with Crippen molar-refractivity contribution in [1.29, 1.82) is 0 Å². The molecule has 0 amide bonds. The Morgan fingerprint density at radius 2 is 2.00 bits per heavy atom. The van der Waals surface area contributed by atoms with E-state index in [0.717, 1.165) is 17.0 Å². The van der Waals surface area contributed by atoms with Gasteiger partial charge >= 0.3 is 0 Å². The SMILES string of the molecule is CC(=O)c1c(C)nn(C)c1C(C)C. The van der Waals surface area contributed by atoms with Crippen LogP contribution in [-0.4, -0.2) is 15.6 Å². The molecule has 0 atom stereocenters. The van der Waals surface area contributed by atoms with Gasteiger partial charge in [0.15, 0.2) is 5.78 Å². The molecule has 0 saturated heterocycles. The zero-order chi connectivity index (χ0) is 10.2. The summed E-state index contributed by atoms with van der Waals surface area (Å²) in [6.45, 7) is 7.62. The summed E-state index contributed by atoms with van der Waals surface area (Å²) in [4.78, 5) is 11.4. The minimum atomic E-state index is 0.106. The molecule has 0 fully saturated rings. The van der Waals surface area contributed by atoms with Gasteiger partial charge in [0, 0.05) is 7.05 Å². The van der Waals surface area contributed by atoms with Gasteiger partial charge in [0.1, 0.15) is 0 Å². The van der Waals surface area contributed by atoms with Crippen molar-refractivity contribution >= 4 is 5.78 Å². The van der Waals surface area contributed by atoms with E-state index in [1.54, 1.807) is 11.6 Å². The van der Waals surface area contributed by atoms with Crippen molar-refractivity contribution in [2.24, 2.45) is 7.05 Å². The highest BCUT2D eigenvalue weighted by Gasteiger charge is 2.18. The van der Waals surface area contributed by atoms with Crippen molar-refractivity contribution < 1.29 is 4.79 Å². The Morgan fingerprint density at radius 3 is 2.31 bits per heavy atom. The smallest absolute Gasteiger partial charge is 0.163 e. The van der Waals surface area contributed by atoms with E-state index in [9.17, 15) is 4.79 Å². The van der Waals surface area contributed by atoms with Crippen LogP contribution in [0.2, 0.25) is 0 Å². The van der Waals surface area contributed by atoms with Crippen molar-refractivity contribution in [1.82, 2.24) is 9.78 Å². The van der Waals surface area contributed by atoms with Gasteiger partial charge in [-0.25, -0.2) is 0 Å². The molecule has 1 aromatic rings. The number of Topliss-reactive ketones (excluding diaryl/α,β-unsaturated/α-hetero) is 1. The van der Waals surface area contributed by atoms with E-state index < -0.39 is 0 Å². The fraction of sp³-hybridized carbons (Fsp3) is 0.600. The Bertz CT molecular complexity index is 337. The standard InChI is InChI=1S/C10H16N2O/c1-6(2)10-9(8(4)13)7(3)11-12(10)5/h6H,1-5H3. The molecule has 0 aliphatic heterocycles. The van der Waals surface area contributed by atoms with Gasteiger partial charge in [-0.15, -0.1) is 0 Å². The van der Waals surface area contributed by atoms with E-state index in [-0.39, 0.29) is 5.78 Å². The van der Waals surface area contributed by atoms with E-state index >= 15 is 0 Å². The maximum absolute atomic E-state index is 11.4. The molecule has 0 saturated carbocycles. The van der Waals surface area contributed by atoms with Crippen LogP contribution in [0.5, 0.6) is 0 Å². The third-order valence-electron chi connectivity index (χ3n) is 2.17. The molecule has 3 heteroatoms. The van der Waals surface area contributed by atoms with E-state index in [4.69, 9.17) is 0 Å². The molecule has 1 heterocycles. The highest BCUT2D eigenvalue weighted by atomic mass is 16.1. The average Bonchev–Trinajstić information content (AvgIpc) is 2.24. The molecule has 0 spiro atoms. The maximum atomic E-state index is 11.4. The first-order valence-electron chi connectivity index (χ1n) is 4.49. The number of hydrogen-bond donors (Lipinski definition) is 0. The quantitative estimate of drug-likeness (QED) is 0.653. The zero-order valence-corrected chi connectivity index (χ0v) is 8.88. The fourth-order valence-corrected chi connectivity index (χ4v) is 1.77. The molecule has 0 aliphatic rings. The second kappa shape index (κ2) is 3.32. The Morgan fingerprint density at radius 1 is 1.46 bits per heavy atom. The van der Waals surface area contributed by atoms with Crippen LogP contribution in [0.1, 0.15) is 48.4 Å². The molecule has 1 rings (SSSR count). The largest absolute Gasteiger partial charge is 0.294 e. The molecule has 72 valence electrons. The normalized spacial score (nSPS) is 10.9. The Labute approximate surface area is 78.8 Å². The number of rotatable bonds is 2. The van der Waals surface area contributed by atoms with Crippen molar-refractivity contribution in [2.75, 3.05) is 0 Å². The summed E-state index contributed by atoms with van der Waals surface area (Å²) in [6.07, 6.45) is 0. The lowest BCUT2D eigenvalue weighted by Gasteiger charge is -2.07. The lowest BCUT2D eigenvalue weighted by atomic mass is 10.0. The first kappa shape index (κ1) is 9.96. The molecule has 13 heavy (non-hydrogen) atoms. The van der Waals surface area contributed by atoms with E-state index in [2.05, 4.69) is 18.9 Å². The van der Waals surface area contributed by atoms with Gasteiger partial charge in [0.2, 0.25) is 0 Å². The summed E-state index contributed by atoms with van der Waals surface area (Å²) >= 11 is 0. The fourth-order valence-electron chi connectivity index (χ4n) is 1.77. The number of aromatic nitrogens is 2. The number of ketones is 1. The molecular formula is C10H16N2O. The lowest BCUT2D eigenvalue weighted by molar-refractivity contribution is 0.101. The number of carbonyl (C=O) groups excluding carboxylic acids is 1. The number of aryl methyl sites for hydroxylation is 2. The van der Waals surface area contributed by atoms with Gasteiger partial charge in [0.05, 0.1) is 17.0 Å². The second-order valence-corrected chi connectivity index (χ2v) is 3.68. The van der Waals surface area contributed by atoms with Crippen LogP contribution in [0.3, 0.4) is 0 Å². The average molecular weight is 180 g/mol. The molecule has 3 nitrogen and oxygen atoms in total. The highest BCUT2D eigenvalue weighted by molar-refractivity contribution is 5.96. The van der Waals surface area contributed by atoms with Crippen LogP contribution in [0.4, 0.5) is 0 Å². The zero-order valence-electron chi connectivity index (χ0n) is 8.88. The van der Waals surface area contributed by atoms with Crippen LogP contribution in [0.25, 0.3) is 0 Å². The predicted molar refractivity (Wildman–Crippen MR) is 52.0 cm³/mol. The van der Waals surface area contributed by atoms with Gasteiger partial charge in [-0.2, -0.15) is 5.10 Å².